The molecule has 18 heavy (non-hydrogen) atoms. The van der Waals surface area contributed by atoms with Crippen molar-refractivity contribution >= 4 is 17.1 Å². The summed E-state index contributed by atoms with van der Waals surface area (Å²) in [5, 5.41) is 13.8. The van der Waals surface area contributed by atoms with Crippen molar-refractivity contribution in [2.75, 3.05) is 17.6 Å². The van der Waals surface area contributed by atoms with Crippen LogP contribution in [0.1, 0.15) is 33.1 Å². The fraction of sp³-hybridized carbons (Fsp3) is 0.538. The van der Waals surface area contributed by atoms with Gasteiger partial charge in [0.2, 0.25) is 0 Å². The predicted octanol–water partition coefficient (Wildman–Crippen LogP) is 3.42. The number of nitro groups is 1. The molecular weight excluding hydrogens is 230 g/mol. The zero-order chi connectivity index (χ0) is 13.5. The van der Waals surface area contributed by atoms with Gasteiger partial charge in [-0.1, -0.05) is 26.7 Å². The second kappa shape index (κ2) is 6.83. The van der Waals surface area contributed by atoms with Gasteiger partial charge < -0.3 is 11.1 Å². The molecule has 0 unspecified atom stereocenters. The maximum Gasteiger partial charge on any atom is 0.273 e. The number of hydrogen-bond donors (Lipinski definition) is 2. The predicted molar refractivity (Wildman–Crippen MR) is 74.7 cm³/mol. The monoisotopic (exact) mass is 251 g/mol. The highest BCUT2D eigenvalue weighted by Gasteiger charge is 2.07. The van der Waals surface area contributed by atoms with Crippen LogP contribution in [0.5, 0.6) is 0 Å². The number of nitrogens with two attached hydrogens (primary N) is 1. The molecular formula is C13H21N3O2. The summed E-state index contributed by atoms with van der Waals surface area (Å²) >= 11 is 0. The quantitative estimate of drug-likeness (QED) is 0.337. The van der Waals surface area contributed by atoms with E-state index < -0.39 is 4.92 Å². The summed E-state index contributed by atoms with van der Waals surface area (Å²) in [7, 11) is 0. The van der Waals surface area contributed by atoms with Crippen LogP contribution in [0.2, 0.25) is 0 Å². The fourth-order valence-electron chi connectivity index (χ4n) is 1.75. The third-order valence-corrected chi connectivity index (χ3v) is 2.69. The average molecular weight is 251 g/mol. The molecule has 0 aliphatic carbocycles. The van der Waals surface area contributed by atoms with Gasteiger partial charge in [0.05, 0.1) is 4.92 Å². The van der Waals surface area contributed by atoms with Crippen molar-refractivity contribution in [3.8, 4) is 0 Å². The van der Waals surface area contributed by atoms with Crippen molar-refractivity contribution in [3.63, 3.8) is 0 Å². The lowest BCUT2D eigenvalue weighted by molar-refractivity contribution is -0.384. The Morgan fingerprint density at radius 1 is 1.33 bits per heavy atom. The minimum atomic E-state index is -0.430. The van der Waals surface area contributed by atoms with Gasteiger partial charge in [-0.15, -0.1) is 0 Å². The molecule has 5 heteroatoms. The van der Waals surface area contributed by atoms with Gasteiger partial charge in [0.25, 0.3) is 5.69 Å². The van der Waals surface area contributed by atoms with Gasteiger partial charge in [0, 0.05) is 30.1 Å². The van der Waals surface area contributed by atoms with Crippen LogP contribution in [0.25, 0.3) is 0 Å². The highest BCUT2D eigenvalue weighted by Crippen LogP contribution is 2.22. The van der Waals surface area contributed by atoms with Gasteiger partial charge in [0.1, 0.15) is 0 Å². The lowest BCUT2D eigenvalue weighted by Gasteiger charge is -2.08. The highest BCUT2D eigenvalue weighted by molar-refractivity contribution is 5.61. The number of rotatable bonds is 7. The minimum absolute atomic E-state index is 0.0275. The normalized spacial score (nSPS) is 10.6. The van der Waals surface area contributed by atoms with Gasteiger partial charge in [0.15, 0.2) is 0 Å². The Balaban J connectivity index is 2.44. The van der Waals surface area contributed by atoms with E-state index in [9.17, 15) is 10.1 Å². The highest BCUT2D eigenvalue weighted by atomic mass is 16.6. The van der Waals surface area contributed by atoms with Crippen LogP contribution in [0.3, 0.4) is 0 Å². The molecule has 0 aromatic heterocycles. The van der Waals surface area contributed by atoms with Crippen molar-refractivity contribution < 1.29 is 4.92 Å². The molecule has 1 aromatic rings. The molecule has 5 nitrogen and oxygen atoms in total. The smallest absolute Gasteiger partial charge is 0.273 e. The van der Waals surface area contributed by atoms with Crippen molar-refractivity contribution in [2.24, 2.45) is 5.92 Å². The van der Waals surface area contributed by atoms with E-state index in [2.05, 4.69) is 19.2 Å². The standard InChI is InChI=1S/C13H21N3O2/c1-10(2)5-3-4-6-15-12-7-11(14)8-13(9-12)16(17)18/h7-10,15H,3-6,14H2,1-2H3. The van der Waals surface area contributed by atoms with Crippen LogP contribution >= 0.6 is 0 Å². The molecule has 0 fully saturated rings. The average Bonchev–Trinajstić information content (AvgIpc) is 2.27. The van der Waals surface area contributed by atoms with Crippen molar-refractivity contribution in [1.29, 1.82) is 0 Å². The van der Waals surface area contributed by atoms with E-state index in [1.807, 2.05) is 0 Å². The molecule has 100 valence electrons. The SMILES string of the molecule is CC(C)CCCCNc1cc(N)cc([N+](=O)[O-])c1. The molecule has 0 saturated carbocycles. The van der Waals surface area contributed by atoms with Crippen LogP contribution in [0, 0.1) is 16.0 Å². The molecule has 0 aliphatic rings. The Kier molecular flexibility index (Phi) is 5.42. The molecule has 1 rings (SSSR count). The third-order valence-electron chi connectivity index (χ3n) is 2.69. The van der Waals surface area contributed by atoms with Crippen molar-refractivity contribution in [2.45, 2.75) is 33.1 Å². The zero-order valence-corrected chi connectivity index (χ0v) is 11.0. The minimum Gasteiger partial charge on any atom is -0.398 e. The van der Waals surface area contributed by atoms with Crippen LogP contribution in [0.4, 0.5) is 17.1 Å². The number of nitrogens with zero attached hydrogens (tertiary/aromatic N) is 1. The Morgan fingerprint density at radius 2 is 2.06 bits per heavy atom. The van der Waals surface area contributed by atoms with E-state index >= 15 is 0 Å². The van der Waals surface area contributed by atoms with Crippen LogP contribution < -0.4 is 11.1 Å². The van der Waals surface area contributed by atoms with Gasteiger partial charge in [-0.2, -0.15) is 0 Å². The molecule has 0 bridgehead atoms. The van der Waals surface area contributed by atoms with E-state index in [1.54, 1.807) is 6.07 Å². The number of benzene rings is 1. The van der Waals surface area contributed by atoms with E-state index in [4.69, 9.17) is 5.73 Å². The summed E-state index contributed by atoms with van der Waals surface area (Å²) in [5.74, 6) is 0.721. The second-order valence-electron chi connectivity index (χ2n) is 4.89. The topological polar surface area (TPSA) is 81.2 Å². The zero-order valence-electron chi connectivity index (χ0n) is 11.0. The van der Waals surface area contributed by atoms with Crippen molar-refractivity contribution in [1.82, 2.24) is 0 Å². The Bertz CT molecular complexity index is 405. The Hall–Kier alpha value is -1.78. The molecule has 0 radical (unpaired) electrons. The largest absolute Gasteiger partial charge is 0.398 e. The number of non-ortho nitro benzene ring substituents is 1. The molecule has 0 atom stereocenters. The number of nitrogen functional groups attached to an aromatic ring is 1. The van der Waals surface area contributed by atoms with Crippen LogP contribution in [0.15, 0.2) is 18.2 Å². The maximum absolute atomic E-state index is 10.7. The van der Waals surface area contributed by atoms with Gasteiger partial charge in [-0.3, -0.25) is 10.1 Å². The van der Waals surface area contributed by atoms with Crippen molar-refractivity contribution in [3.05, 3.63) is 28.3 Å². The number of unbranched alkanes of at least 4 members (excludes halogenated alkanes) is 1. The first-order chi connectivity index (χ1) is 8.49. The summed E-state index contributed by atoms with van der Waals surface area (Å²) in [5.41, 5.74) is 6.78. The van der Waals surface area contributed by atoms with E-state index in [0.29, 0.717) is 11.4 Å². The lowest BCUT2D eigenvalue weighted by atomic mass is 10.1. The number of anilines is 2. The lowest BCUT2D eigenvalue weighted by Crippen LogP contribution is -2.03. The number of hydrogen-bond acceptors (Lipinski definition) is 4. The summed E-state index contributed by atoms with van der Waals surface area (Å²) in [6, 6.07) is 4.60. The van der Waals surface area contributed by atoms with Crippen LogP contribution in [-0.4, -0.2) is 11.5 Å². The van der Waals surface area contributed by atoms with Gasteiger partial charge in [-0.05, 0) is 18.4 Å². The number of nitrogens with one attached hydrogen (secondary N) is 1. The Labute approximate surface area is 108 Å². The molecule has 0 amide bonds. The molecule has 0 spiro atoms. The molecule has 0 heterocycles. The maximum atomic E-state index is 10.7. The summed E-state index contributed by atoms with van der Waals surface area (Å²) in [6.45, 7) is 5.22. The van der Waals surface area contributed by atoms with Gasteiger partial charge >= 0.3 is 0 Å². The Morgan fingerprint density at radius 3 is 2.67 bits per heavy atom. The van der Waals surface area contributed by atoms with E-state index in [0.717, 1.165) is 25.3 Å². The summed E-state index contributed by atoms with van der Waals surface area (Å²) in [4.78, 5) is 10.2. The van der Waals surface area contributed by atoms with E-state index in [-0.39, 0.29) is 5.69 Å². The second-order valence-corrected chi connectivity index (χ2v) is 4.89. The first kappa shape index (κ1) is 14.3. The van der Waals surface area contributed by atoms with Crippen LogP contribution in [-0.2, 0) is 0 Å². The summed E-state index contributed by atoms with van der Waals surface area (Å²) in [6.07, 6.45) is 3.43. The number of nitro benzene ring substituents is 1. The third kappa shape index (κ3) is 5.03. The molecule has 0 saturated heterocycles. The molecule has 0 aliphatic heterocycles. The summed E-state index contributed by atoms with van der Waals surface area (Å²) < 4.78 is 0. The van der Waals surface area contributed by atoms with Gasteiger partial charge in [-0.25, -0.2) is 0 Å². The van der Waals surface area contributed by atoms with E-state index in [1.165, 1.54) is 18.6 Å². The first-order valence-corrected chi connectivity index (χ1v) is 6.28. The molecule has 1 aromatic carbocycles. The molecule has 3 N–H and O–H groups in total. The fourth-order valence-corrected chi connectivity index (χ4v) is 1.75. The first-order valence-electron chi connectivity index (χ1n) is 6.28.